The molecule has 3 N–H and O–H groups in total. The van der Waals surface area contributed by atoms with Crippen LogP contribution >= 0.6 is 0 Å². The molecule has 0 radical (unpaired) electrons. The molecule has 0 unspecified atom stereocenters. The zero-order valence-corrected chi connectivity index (χ0v) is 34.0. The number of pyridine rings is 1. The molecule has 4 rings (SSSR count). The van der Waals surface area contributed by atoms with Crippen molar-refractivity contribution in [2.75, 3.05) is 20.3 Å². The summed E-state index contributed by atoms with van der Waals surface area (Å²) in [6.07, 6.45) is 5.50. The Bertz CT molecular complexity index is 1760. The number of ether oxygens (including phenoxy) is 3. The maximum Gasteiger partial charge on any atom is 0.407 e. The zero-order chi connectivity index (χ0) is 41.4. The van der Waals surface area contributed by atoms with Gasteiger partial charge in [-0.25, -0.2) is 9.78 Å². The van der Waals surface area contributed by atoms with Crippen molar-refractivity contribution in [2.45, 2.75) is 117 Å². The topological polar surface area (TPSA) is 182 Å². The third-order valence-electron chi connectivity index (χ3n) is 10.7. The number of aldehydes is 2. The van der Waals surface area contributed by atoms with Gasteiger partial charge < -0.3 is 44.6 Å². The number of methoxy groups -OCH3 is 1. The van der Waals surface area contributed by atoms with Gasteiger partial charge in [0.15, 0.2) is 0 Å². The first-order chi connectivity index (χ1) is 26.4. The van der Waals surface area contributed by atoms with E-state index in [1.165, 1.54) is 11.0 Å². The van der Waals surface area contributed by atoms with E-state index >= 15 is 0 Å². The third-order valence-corrected chi connectivity index (χ3v) is 10.7. The number of amides is 4. The Hall–Kier alpha value is -5.01. The summed E-state index contributed by atoms with van der Waals surface area (Å²) in [4.78, 5) is 86.5. The van der Waals surface area contributed by atoms with Crippen molar-refractivity contribution in [2.24, 2.45) is 22.7 Å². The zero-order valence-electron chi connectivity index (χ0n) is 34.0. The van der Waals surface area contributed by atoms with Crippen molar-refractivity contribution in [1.82, 2.24) is 25.8 Å². The van der Waals surface area contributed by atoms with Gasteiger partial charge in [-0.2, -0.15) is 0 Å². The smallest absolute Gasteiger partial charge is 0.407 e. The molecule has 6 atom stereocenters. The Labute approximate surface area is 329 Å². The number of carbonyl (C=O) groups is 6. The number of benzene rings is 1. The van der Waals surface area contributed by atoms with Crippen molar-refractivity contribution in [3.05, 3.63) is 43.1 Å². The average molecular weight is 778 g/mol. The van der Waals surface area contributed by atoms with Crippen LogP contribution in [-0.4, -0.2) is 96.3 Å². The van der Waals surface area contributed by atoms with Gasteiger partial charge in [0, 0.05) is 23.9 Å². The highest BCUT2D eigenvalue weighted by Crippen LogP contribution is 2.35. The van der Waals surface area contributed by atoms with Crippen molar-refractivity contribution in [1.29, 1.82) is 0 Å². The molecule has 14 nitrogen and oxygen atoms in total. The number of nitrogens with zero attached hydrogens (tertiary/aromatic N) is 2. The van der Waals surface area contributed by atoms with Crippen LogP contribution in [0, 0.1) is 22.7 Å². The minimum atomic E-state index is -1.57. The van der Waals surface area contributed by atoms with E-state index in [1.54, 1.807) is 47.1 Å². The monoisotopic (exact) mass is 777 g/mol. The number of fused-ring (bicyclic) bond motifs is 1. The summed E-state index contributed by atoms with van der Waals surface area (Å²) in [6.45, 7) is 16.7. The summed E-state index contributed by atoms with van der Waals surface area (Å²) in [7, 11) is 1.57. The Morgan fingerprint density at radius 1 is 1.04 bits per heavy atom. The first kappa shape index (κ1) is 43.7. The predicted octanol–water partition coefficient (Wildman–Crippen LogP) is 4.92. The van der Waals surface area contributed by atoms with Crippen LogP contribution in [0.2, 0.25) is 0 Å². The second kappa shape index (κ2) is 18.3. The van der Waals surface area contributed by atoms with Gasteiger partial charge in [0.25, 0.3) is 0 Å². The lowest BCUT2D eigenvalue weighted by Crippen LogP contribution is -2.64. The molecule has 2 heterocycles. The molecule has 2 aliphatic rings. The largest absolute Gasteiger partial charge is 0.497 e. The van der Waals surface area contributed by atoms with Gasteiger partial charge in [-0.3, -0.25) is 14.4 Å². The molecule has 14 heteroatoms. The van der Waals surface area contributed by atoms with Gasteiger partial charge in [0.2, 0.25) is 23.6 Å². The fourth-order valence-electron chi connectivity index (χ4n) is 7.12. The van der Waals surface area contributed by atoms with Gasteiger partial charge in [-0.15, -0.1) is 6.58 Å². The summed E-state index contributed by atoms with van der Waals surface area (Å²) >= 11 is 0. The normalized spacial score (nSPS) is 20.0. The maximum atomic E-state index is 14.6. The van der Waals surface area contributed by atoms with Crippen LogP contribution < -0.4 is 25.4 Å². The number of likely N-dealkylation sites (tertiary alicyclic amines) is 1. The summed E-state index contributed by atoms with van der Waals surface area (Å²) in [5.41, 5.74) is -2.71. The first-order valence-electron chi connectivity index (χ1n) is 19.4. The molecule has 1 aromatic heterocycles. The minimum absolute atomic E-state index is 0.00237. The van der Waals surface area contributed by atoms with E-state index in [0.29, 0.717) is 29.6 Å². The molecule has 56 heavy (non-hydrogen) atoms. The number of hydrogen-bond donors (Lipinski definition) is 3. The molecular formula is C42H59N5O9. The van der Waals surface area contributed by atoms with E-state index in [2.05, 4.69) is 27.5 Å². The molecule has 0 spiro atoms. The lowest BCUT2D eigenvalue weighted by atomic mass is 9.73. The molecule has 4 amide bonds. The van der Waals surface area contributed by atoms with Gasteiger partial charge >= 0.3 is 6.09 Å². The molecule has 2 fully saturated rings. The number of alkyl carbamates (subject to hydrolysis) is 1. The van der Waals surface area contributed by atoms with Crippen LogP contribution in [0.15, 0.2) is 43.1 Å². The number of aromatic nitrogens is 1. The standard InChI is InChI=1S/C42H59N5O9/c1-10-18-42(11-2,38(52)44-32(24-49)31(23-48)26-13-12-14-26)46-35(50)33-21-29(56-36-30-16-15-28(54-9)20-27(30)17-19-43-36)22-47(33)37(51)34(41(6,7)8)45-39(53)55-25-40(3,4)5/h10,15-17,19-20,23-24,26,29,31-34H,1,11-14,18,21-22,25H2,2-9H3,(H,44,52)(H,45,53)(H,46,50)/t29-,31+,32+,33+,34-,42-/m1/s1. The van der Waals surface area contributed by atoms with Gasteiger partial charge in [0.1, 0.15) is 42.0 Å². The highest BCUT2D eigenvalue weighted by atomic mass is 16.5. The molecule has 1 saturated carbocycles. The Morgan fingerprint density at radius 3 is 2.30 bits per heavy atom. The van der Waals surface area contributed by atoms with Crippen molar-refractivity contribution < 1.29 is 43.0 Å². The van der Waals surface area contributed by atoms with Crippen LogP contribution in [0.3, 0.4) is 0 Å². The van der Waals surface area contributed by atoms with Gasteiger partial charge in [-0.1, -0.05) is 61.0 Å². The molecule has 1 saturated heterocycles. The lowest BCUT2D eigenvalue weighted by molar-refractivity contribution is -0.144. The van der Waals surface area contributed by atoms with Crippen LogP contribution in [-0.2, 0) is 28.7 Å². The molecular weight excluding hydrogens is 718 g/mol. The third kappa shape index (κ3) is 10.4. The fraction of sp³-hybridized carbons (Fsp3) is 0.595. The summed E-state index contributed by atoms with van der Waals surface area (Å²) < 4.78 is 17.3. The number of hydrogen-bond acceptors (Lipinski definition) is 10. The molecule has 0 bridgehead atoms. The summed E-state index contributed by atoms with van der Waals surface area (Å²) in [6, 6.07) is 3.92. The number of carbonyl (C=O) groups excluding carboxylic acids is 6. The SMILES string of the molecule is C=CC[C@@](CC)(NC(=O)[C@@H]1C[C@@H](Oc2nccc3cc(OC)ccc23)CN1C(=O)[C@@H](NC(=O)OCC(C)(C)C)C(C)(C)C)C(=O)N[C@@H](C=O)[C@@H](C=O)C1CCC1. The van der Waals surface area contributed by atoms with Crippen LogP contribution in [0.5, 0.6) is 11.6 Å². The Balaban J connectivity index is 1.68. The fourth-order valence-corrected chi connectivity index (χ4v) is 7.12. The Kier molecular flexibility index (Phi) is 14.3. The lowest BCUT2D eigenvalue weighted by Gasteiger charge is -2.38. The van der Waals surface area contributed by atoms with Crippen molar-refractivity contribution >= 4 is 47.2 Å². The minimum Gasteiger partial charge on any atom is -0.497 e. The first-order valence-corrected chi connectivity index (χ1v) is 19.4. The molecule has 2 aromatic rings. The number of nitrogens with one attached hydrogen (secondary N) is 3. The molecule has 1 aliphatic heterocycles. The quantitative estimate of drug-likeness (QED) is 0.147. The van der Waals surface area contributed by atoms with Crippen molar-refractivity contribution in [3.8, 4) is 11.6 Å². The van der Waals surface area contributed by atoms with Crippen LogP contribution in [0.25, 0.3) is 10.8 Å². The van der Waals surface area contributed by atoms with Gasteiger partial charge in [-0.05, 0) is 72.1 Å². The average Bonchev–Trinajstić information content (AvgIpc) is 3.56. The predicted molar refractivity (Wildman–Crippen MR) is 211 cm³/mol. The highest BCUT2D eigenvalue weighted by Gasteiger charge is 2.49. The van der Waals surface area contributed by atoms with Gasteiger partial charge in [0.05, 0.1) is 26.3 Å². The molecule has 1 aliphatic carbocycles. The number of rotatable bonds is 17. The van der Waals surface area contributed by atoms with E-state index < -0.39 is 64.9 Å². The van der Waals surface area contributed by atoms with E-state index in [1.807, 2.05) is 39.0 Å². The summed E-state index contributed by atoms with van der Waals surface area (Å²) in [5.74, 6) is -1.60. The molecule has 1 aromatic carbocycles. The van der Waals surface area contributed by atoms with E-state index in [-0.39, 0.29) is 43.7 Å². The van der Waals surface area contributed by atoms with E-state index in [9.17, 15) is 28.8 Å². The summed E-state index contributed by atoms with van der Waals surface area (Å²) in [5, 5.41) is 9.90. The highest BCUT2D eigenvalue weighted by molar-refractivity contribution is 5.97. The second-order valence-electron chi connectivity index (χ2n) is 17.2. The maximum absolute atomic E-state index is 14.6. The van der Waals surface area contributed by atoms with E-state index in [0.717, 1.165) is 24.6 Å². The van der Waals surface area contributed by atoms with E-state index in [4.69, 9.17) is 14.2 Å². The van der Waals surface area contributed by atoms with Crippen LogP contribution in [0.1, 0.15) is 87.0 Å². The van der Waals surface area contributed by atoms with Crippen molar-refractivity contribution in [3.63, 3.8) is 0 Å². The second-order valence-corrected chi connectivity index (χ2v) is 17.2. The molecule has 306 valence electrons. The van der Waals surface area contributed by atoms with Crippen LogP contribution in [0.4, 0.5) is 4.79 Å². The Morgan fingerprint density at radius 2 is 1.75 bits per heavy atom.